The number of thioether (sulfide) groups is 1. The van der Waals surface area contributed by atoms with Crippen LogP contribution in [0.4, 0.5) is 5.69 Å². The topological polar surface area (TPSA) is 78.4 Å². The lowest BCUT2D eigenvalue weighted by Gasteiger charge is -2.21. The molecule has 178 valence electrons. The molecule has 0 aliphatic rings. The van der Waals surface area contributed by atoms with Crippen molar-refractivity contribution < 1.29 is 14.1 Å². The Hall–Kier alpha value is -2.74. The molecule has 3 aromatic rings. The van der Waals surface area contributed by atoms with Crippen molar-refractivity contribution in [1.82, 2.24) is 5.32 Å². The number of para-hydroxylation sites is 1. The van der Waals surface area contributed by atoms with Gasteiger partial charge in [0, 0.05) is 28.4 Å². The van der Waals surface area contributed by atoms with E-state index in [-0.39, 0.29) is 17.2 Å². The van der Waals surface area contributed by atoms with E-state index in [2.05, 4.69) is 43.5 Å². The fraction of sp³-hybridized carbons (Fsp3) is 0.259. The first-order chi connectivity index (χ1) is 16.3. The number of hydrogen-bond donors (Lipinski definition) is 3. The zero-order valence-electron chi connectivity index (χ0n) is 19.6. The van der Waals surface area contributed by atoms with Crippen molar-refractivity contribution in [3.05, 3.63) is 95.6 Å². The third-order valence-electron chi connectivity index (χ3n) is 5.21. The maximum absolute atomic E-state index is 13.3. The summed E-state index contributed by atoms with van der Waals surface area (Å²) in [4.78, 5) is 26.4. The molecule has 0 aromatic heterocycles. The highest BCUT2D eigenvalue weighted by molar-refractivity contribution is 8.00. The van der Waals surface area contributed by atoms with E-state index in [1.807, 2.05) is 54.6 Å². The predicted molar refractivity (Wildman–Crippen MR) is 143 cm³/mol. The van der Waals surface area contributed by atoms with Gasteiger partial charge in [-0.05, 0) is 65.0 Å². The van der Waals surface area contributed by atoms with Gasteiger partial charge in [0.25, 0.3) is 5.91 Å². The molecule has 7 heteroatoms. The van der Waals surface area contributed by atoms with Gasteiger partial charge in [0.1, 0.15) is 5.25 Å². The van der Waals surface area contributed by atoms with E-state index < -0.39 is 5.25 Å². The highest BCUT2D eigenvalue weighted by Gasteiger charge is 2.23. The van der Waals surface area contributed by atoms with Crippen molar-refractivity contribution in [2.45, 2.75) is 36.3 Å². The molecule has 0 aliphatic heterocycles. The van der Waals surface area contributed by atoms with Crippen LogP contribution < -0.4 is 10.6 Å². The van der Waals surface area contributed by atoms with E-state index in [1.165, 1.54) is 17.3 Å². The Labute approximate surface area is 210 Å². The molecule has 2 amide bonds. The molecule has 0 fully saturated rings. The van der Waals surface area contributed by atoms with Gasteiger partial charge >= 0.3 is 0 Å². The minimum Gasteiger partial charge on any atom is -0.351 e. The van der Waals surface area contributed by atoms with Gasteiger partial charge in [-0.1, -0.05) is 63.2 Å². The molecule has 1 atom stereocenters. The summed E-state index contributed by atoms with van der Waals surface area (Å²) < 4.78 is 8.79. The summed E-state index contributed by atoms with van der Waals surface area (Å²) in [6, 6.07) is 24.8. The SMILES string of the molecule is CC(C)(C)c1ccc(C(Sc2ccc(C(=O)NCCSO)cc2)C(=O)Nc2ccccc2)cc1. The second kappa shape index (κ2) is 12.1. The fourth-order valence-electron chi connectivity index (χ4n) is 3.29. The van der Waals surface area contributed by atoms with Crippen LogP contribution in [-0.2, 0) is 10.2 Å². The Morgan fingerprint density at radius 3 is 2.15 bits per heavy atom. The zero-order valence-corrected chi connectivity index (χ0v) is 21.2. The normalized spacial score (nSPS) is 12.1. The van der Waals surface area contributed by atoms with Crippen molar-refractivity contribution in [3.8, 4) is 0 Å². The third kappa shape index (κ3) is 7.38. The van der Waals surface area contributed by atoms with Crippen LogP contribution in [0.3, 0.4) is 0 Å². The van der Waals surface area contributed by atoms with Gasteiger partial charge < -0.3 is 15.2 Å². The molecular formula is C27H30N2O3S2. The van der Waals surface area contributed by atoms with Gasteiger partial charge in [-0.2, -0.15) is 0 Å². The Morgan fingerprint density at radius 2 is 1.56 bits per heavy atom. The van der Waals surface area contributed by atoms with Gasteiger partial charge in [-0.15, -0.1) is 11.8 Å². The van der Waals surface area contributed by atoms with Gasteiger partial charge in [-0.3, -0.25) is 9.59 Å². The molecular weight excluding hydrogens is 464 g/mol. The second-order valence-electron chi connectivity index (χ2n) is 8.84. The van der Waals surface area contributed by atoms with E-state index in [4.69, 9.17) is 4.55 Å². The molecule has 34 heavy (non-hydrogen) atoms. The molecule has 0 heterocycles. The summed E-state index contributed by atoms with van der Waals surface area (Å²) in [5.41, 5.74) is 3.43. The van der Waals surface area contributed by atoms with Crippen LogP contribution in [-0.4, -0.2) is 28.7 Å². The van der Waals surface area contributed by atoms with Crippen LogP contribution in [0.2, 0.25) is 0 Å². The van der Waals surface area contributed by atoms with Crippen LogP contribution in [0.5, 0.6) is 0 Å². The molecule has 3 N–H and O–H groups in total. The molecule has 0 spiro atoms. The quantitative estimate of drug-likeness (QED) is 0.182. The maximum Gasteiger partial charge on any atom is 0.251 e. The highest BCUT2D eigenvalue weighted by atomic mass is 32.2. The van der Waals surface area contributed by atoms with Crippen molar-refractivity contribution in [3.63, 3.8) is 0 Å². The lowest BCUT2D eigenvalue weighted by Crippen LogP contribution is -2.25. The molecule has 3 rings (SSSR count). The predicted octanol–water partition coefficient (Wildman–Crippen LogP) is 6.39. The summed E-state index contributed by atoms with van der Waals surface area (Å²) in [6.07, 6.45) is 0. The standard InChI is InChI=1S/C27H30N2O3S2/c1-27(2,3)21-13-9-19(10-14-21)24(26(31)29-22-7-5-4-6-8-22)34-23-15-11-20(12-16-23)25(30)28-17-18-33-32/h4-16,24,32H,17-18H2,1-3H3,(H,28,30)(H,29,31). The number of benzene rings is 3. The van der Waals surface area contributed by atoms with Crippen LogP contribution >= 0.6 is 23.8 Å². The summed E-state index contributed by atoms with van der Waals surface area (Å²) >= 11 is 2.14. The van der Waals surface area contributed by atoms with Crippen LogP contribution in [0.15, 0.2) is 83.8 Å². The number of hydrogen-bond acceptors (Lipinski definition) is 5. The number of amides is 2. The molecule has 3 aromatic carbocycles. The summed E-state index contributed by atoms with van der Waals surface area (Å²) in [6.45, 7) is 6.88. The van der Waals surface area contributed by atoms with Crippen molar-refractivity contribution >= 4 is 41.3 Å². The molecule has 0 bridgehead atoms. The number of carbonyl (C=O) groups is 2. The zero-order chi connectivity index (χ0) is 24.6. The summed E-state index contributed by atoms with van der Waals surface area (Å²) in [7, 11) is 0. The second-order valence-corrected chi connectivity index (χ2v) is 10.7. The van der Waals surface area contributed by atoms with E-state index in [9.17, 15) is 9.59 Å². The summed E-state index contributed by atoms with van der Waals surface area (Å²) in [5, 5.41) is 5.31. The largest absolute Gasteiger partial charge is 0.351 e. The summed E-state index contributed by atoms with van der Waals surface area (Å²) in [5.74, 6) is 0.135. The van der Waals surface area contributed by atoms with Crippen molar-refractivity contribution in [2.24, 2.45) is 0 Å². The van der Waals surface area contributed by atoms with Crippen LogP contribution in [0.25, 0.3) is 0 Å². The molecule has 5 nitrogen and oxygen atoms in total. The van der Waals surface area contributed by atoms with E-state index >= 15 is 0 Å². The molecule has 0 saturated heterocycles. The Bertz CT molecular complexity index is 1080. The van der Waals surface area contributed by atoms with Crippen molar-refractivity contribution in [2.75, 3.05) is 17.6 Å². The van der Waals surface area contributed by atoms with Gasteiger partial charge in [0.15, 0.2) is 0 Å². The van der Waals surface area contributed by atoms with Gasteiger partial charge in [0.2, 0.25) is 5.91 Å². The maximum atomic E-state index is 13.3. The van der Waals surface area contributed by atoms with E-state index in [0.29, 0.717) is 29.9 Å². The Balaban J connectivity index is 1.81. The number of rotatable bonds is 9. The minimum atomic E-state index is -0.463. The van der Waals surface area contributed by atoms with E-state index in [0.717, 1.165) is 16.1 Å². The molecule has 0 radical (unpaired) electrons. The van der Waals surface area contributed by atoms with Gasteiger partial charge in [0.05, 0.1) is 0 Å². The monoisotopic (exact) mass is 494 g/mol. The average molecular weight is 495 g/mol. The molecule has 0 saturated carbocycles. The van der Waals surface area contributed by atoms with E-state index in [1.54, 1.807) is 12.1 Å². The van der Waals surface area contributed by atoms with Gasteiger partial charge in [-0.25, -0.2) is 0 Å². The van der Waals surface area contributed by atoms with Crippen LogP contribution in [0.1, 0.15) is 47.5 Å². The van der Waals surface area contributed by atoms with Crippen molar-refractivity contribution in [1.29, 1.82) is 0 Å². The Kier molecular flexibility index (Phi) is 9.21. The number of nitrogens with one attached hydrogen (secondary N) is 2. The average Bonchev–Trinajstić information content (AvgIpc) is 2.83. The number of carbonyl (C=O) groups excluding carboxylic acids is 2. The lowest BCUT2D eigenvalue weighted by molar-refractivity contribution is -0.115. The number of anilines is 1. The fourth-order valence-corrected chi connectivity index (χ4v) is 4.51. The lowest BCUT2D eigenvalue weighted by atomic mass is 9.86. The molecule has 1 unspecified atom stereocenters. The first-order valence-corrected chi connectivity index (χ1v) is 12.9. The molecule has 0 aliphatic carbocycles. The van der Waals surface area contributed by atoms with Crippen LogP contribution in [0, 0.1) is 0 Å². The highest BCUT2D eigenvalue weighted by Crippen LogP contribution is 2.37. The Morgan fingerprint density at radius 1 is 0.912 bits per heavy atom. The minimum absolute atomic E-state index is 0.0275. The first kappa shape index (κ1) is 25.9. The third-order valence-corrected chi connectivity index (χ3v) is 6.86. The smallest absolute Gasteiger partial charge is 0.251 e. The first-order valence-electron chi connectivity index (χ1n) is 11.1.